The van der Waals surface area contributed by atoms with Gasteiger partial charge in [0.05, 0.1) is 11.0 Å². The number of nitrogens with zero attached hydrogens (tertiary/aromatic N) is 1. The van der Waals surface area contributed by atoms with Gasteiger partial charge in [-0.25, -0.2) is 8.42 Å². The number of ketones is 1. The molecule has 0 saturated carbocycles. The minimum Gasteiger partial charge on any atom is -0.339 e. The average Bonchev–Trinajstić information content (AvgIpc) is 3.07. The molecule has 1 aliphatic carbocycles. The molecular weight excluding hydrogens is 362 g/mol. The van der Waals surface area contributed by atoms with E-state index in [1.54, 1.807) is 36.4 Å². The lowest BCUT2D eigenvalue weighted by atomic mass is 10.0. The van der Waals surface area contributed by atoms with Crippen LogP contribution >= 0.6 is 0 Å². The van der Waals surface area contributed by atoms with E-state index in [0.29, 0.717) is 0 Å². The molecule has 0 N–H and O–H groups in total. The highest BCUT2D eigenvalue weighted by atomic mass is 32.2. The second-order valence-corrected chi connectivity index (χ2v) is 8.51. The first-order chi connectivity index (χ1) is 12.9. The maximum atomic E-state index is 13.4. The van der Waals surface area contributed by atoms with Gasteiger partial charge in [-0.3, -0.25) is 4.79 Å². The van der Waals surface area contributed by atoms with E-state index in [-0.39, 0.29) is 11.4 Å². The number of benzene rings is 2. The summed E-state index contributed by atoms with van der Waals surface area (Å²) in [6.45, 7) is 1.95. The van der Waals surface area contributed by atoms with Crippen LogP contribution < -0.4 is 0 Å². The highest BCUT2D eigenvalue weighted by Crippen LogP contribution is 2.42. The summed E-state index contributed by atoms with van der Waals surface area (Å²) in [5.74, 6) is -0.404. The zero-order chi connectivity index (χ0) is 19.1. The molecule has 5 nitrogen and oxygen atoms in total. The van der Waals surface area contributed by atoms with E-state index >= 15 is 0 Å². The van der Waals surface area contributed by atoms with Gasteiger partial charge in [-0.2, -0.15) is 4.31 Å². The van der Waals surface area contributed by atoms with Gasteiger partial charge in [-0.15, -0.1) is 0 Å². The zero-order valence-corrected chi connectivity index (χ0v) is 15.6. The van der Waals surface area contributed by atoms with Crippen molar-refractivity contribution in [3.8, 4) is 0 Å². The lowest BCUT2D eigenvalue weighted by molar-refractivity contribution is -0.139. The Balaban J connectivity index is 1.81. The minimum absolute atomic E-state index is 0.0597. The van der Waals surface area contributed by atoms with Gasteiger partial charge < -0.3 is 4.74 Å². The van der Waals surface area contributed by atoms with E-state index in [2.05, 4.69) is 0 Å². The number of ether oxygens (including phenoxy) is 1. The summed E-state index contributed by atoms with van der Waals surface area (Å²) < 4.78 is 34.0. The molecule has 0 aromatic heterocycles. The summed E-state index contributed by atoms with van der Waals surface area (Å²) in [5.41, 5.74) is 0.133. The fourth-order valence-corrected chi connectivity index (χ4v) is 5.01. The van der Waals surface area contributed by atoms with E-state index in [9.17, 15) is 13.2 Å². The summed E-state index contributed by atoms with van der Waals surface area (Å²) in [5, 5.41) is 0. The van der Waals surface area contributed by atoms with Crippen LogP contribution in [0.2, 0.25) is 0 Å². The van der Waals surface area contributed by atoms with Gasteiger partial charge in [-0.05, 0) is 36.8 Å². The van der Waals surface area contributed by atoms with Crippen molar-refractivity contribution in [3.63, 3.8) is 0 Å². The van der Waals surface area contributed by atoms with Crippen molar-refractivity contribution in [1.29, 1.82) is 0 Å². The Labute approximate surface area is 158 Å². The van der Waals surface area contributed by atoms with Gasteiger partial charge in [0.15, 0.2) is 0 Å². The molecule has 1 spiro atoms. The van der Waals surface area contributed by atoms with Gasteiger partial charge in [0.2, 0.25) is 21.5 Å². The lowest BCUT2D eigenvalue weighted by Crippen LogP contribution is -2.52. The molecule has 1 heterocycles. The fraction of sp³-hybridized carbons (Fsp3) is 0.190. The third kappa shape index (κ3) is 2.96. The molecule has 0 bridgehead atoms. The topological polar surface area (TPSA) is 63.7 Å². The van der Waals surface area contributed by atoms with E-state index in [0.717, 1.165) is 11.1 Å². The van der Waals surface area contributed by atoms with Crippen molar-refractivity contribution in [3.05, 3.63) is 90.0 Å². The number of hydrogen-bond acceptors (Lipinski definition) is 4. The van der Waals surface area contributed by atoms with Crippen LogP contribution in [0.5, 0.6) is 0 Å². The van der Waals surface area contributed by atoms with Gasteiger partial charge in [0.25, 0.3) is 0 Å². The van der Waals surface area contributed by atoms with Crippen LogP contribution in [0.15, 0.2) is 83.8 Å². The molecule has 2 aromatic rings. The quantitative estimate of drug-likeness (QED) is 0.819. The van der Waals surface area contributed by atoms with Crippen molar-refractivity contribution in [2.24, 2.45) is 0 Å². The number of carbonyl (C=O) groups excluding carboxylic acids is 1. The van der Waals surface area contributed by atoms with Crippen molar-refractivity contribution in [1.82, 2.24) is 4.31 Å². The van der Waals surface area contributed by atoms with Crippen LogP contribution in [0.3, 0.4) is 0 Å². The number of sulfonamides is 1. The standard InChI is InChI=1S/C21H19NO4S/c1-16-10-12-18(13-11-16)27(24,25)22-15-19(17-7-3-2-4-8-17)26-21(22)14-6-5-9-20(21)23/h2-14,19H,15H2,1H3/t19-,21-/m1/s1. The summed E-state index contributed by atoms with van der Waals surface area (Å²) >= 11 is 0. The summed E-state index contributed by atoms with van der Waals surface area (Å²) in [6.07, 6.45) is 5.57. The van der Waals surface area contributed by atoms with Crippen LogP contribution in [-0.4, -0.2) is 30.8 Å². The second kappa shape index (κ2) is 6.56. The van der Waals surface area contributed by atoms with Crippen molar-refractivity contribution >= 4 is 15.8 Å². The van der Waals surface area contributed by atoms with E-state index in [4.69, 9.17) is 4.74 Å². The molecule has 0 amide bonds. The highest BCUT2D eigenvalue weighted by Gasteiger charge is 2.56. The Kier molecular flexibility index (Phi) is 4.34. The molecule has 27 heavy (non-hydrogen) atoms. The van der Waals surface area contributed by atoms with E-state index < -0.39 is 27.6 Å². The minimum atomic E-state index is -3.93. The molecular formula is C21H19NO4S. The summed E-state index contributed by atoms with van der Waals surface area (Å²) in [7, 11) is -3.93. The maximum Gasteiger partial charge on any atom is 0.246 e. The molecule has 1 fully saturated rings. The lowest BCUT2D eigenvalue weighted by Gasteiger charge is -2.32. The summed E-state index contributed by atoms with van der Waals surface area (Å²) in [4.78, 5) is 12.9. The zero-order valence-electron chi connectivity index (χ0n) is 14.8. The average molecular weight is 381 g/mol. The number of aryl methyl sites for hydroxylation is 1. The number of rotatable bonds is 3. The Bertz CT molecular complexity index is 1030. The number of hydrogen-bond donors (Lipinski definition) is 0. The Morgan fingerprint density at radius 3 is 2.41 bits per heavy atom. The first-order valence-electron chi connectivity index (χ1n) is 8.66. The molecule has 2 aromatic carbocycles. The predicted molar refractivity (Wildman–Crippen MR) is 101 cm³/mol. The van der Waals surface area contributed by atoms with E-state index in [1.165, 1.54) is 16.5 Å². The third-order valence-electron chi connectivity index (χ3n) is 4.84. The van der Waals surface area contributed by atoms with Gasteiger partial charge in [0.1, 0.15) is 0 Å². The molecule has 2 atom stereocenters. The largest absolute Gasteiger partial charge is 0.339 e. The number of carbonyl (C=O) groups is 1. The van der Waals surface area contributed by atoms with Crippen molar-refractivity contribution in [2.45, 2.75) is 23.6 Å². The van der Waals surface area contributed by atoms with Gasteiger partial charge >= 0.3 is 0 Å². The monoisotopic (exact) mass is 381 g/mol. The normalized spacial score (nSPS) is 25.4. The van der Waals surface area contributed by atoms with Crippen LogP contribution in [-0.2, 0) is 19.6 Å². The smallest absolute Gasteiger partial charge is 0.246 e. The third-order valence-corrected chi connectivity index (χ3v) is 6.71. The molecule has 2 aliphatic rings. The first-order valence-corrected chi connectivity index (χ1v) is 10.1. The van der Waals surface area contributed by atoms with Crippen molar-refractivity contribution in [2.75, 3.05) is 6.54 Å². The van der Waals surface area contributed by atoms with Crippen LogP contribution in [0, 0.1) is 6.92 Å². The van der Waals surface area contributed by atoms with Crippen LogP contribution in [0.25, 0.3) is 0 Å². The highest BCUT2D eigenvalue weighted by molar-refractivity contribution is 7.89. The predicted octanol–water partition coefficient (Wildman–Crippen LogP) is 3.15. The Morgan fingerprint density at radius 2 is 1.74 bits per heavy atom. The Hall–Kier alpha value is -2.54. The van der Waals surface area contributed by atoms with Gasteiger partial charge in [0, 0.05) is 6.54 Å². The molecule has 4 rings (SSSR count). The summed E-state index contributed by atoms with van der Waals surface area (Å²) in [6, 6.07) is 15.9. The molecule has 1 saturated heterocycles. The van der Waals surface area contributed by atoms with Crippen LogP contribution in [0.4, 0.5) is 0 Å². The number of allylic oxidation sites excluding steroid dienone is 2. The molecule has 1 aliphatic heterocycles. The SMILES string of the molecule is Cc1ccc(S(=O)(=O)N2C[C@H](c3ccccc3)O[C@@]23C=CC=CC3=O)cc1. The molecule has 0 unspecified atom stereocenters. The van der Waals surface area contributed by atoms with Crippen LogP contribution in [0.1, 0.15) is 17.2 Å². The fourth-order valence-electron chi connectivity index (χ4n) is 3.39. The molecule has 138 valence electrons. The van der Waals surface area contributed by atoms with E-state index in [1.807, 2.05) is 37.3 Å². The first kappa shape index (κ1) is 17.9. The maximum absolute atomic E-state index is 13.4. The second-order valence-electron chi connectivity index (χ2n) is 6.65. The Morgan fingerprint density at radius 1 is 1.04 bits per heavy atom. The molecule has 6 heteroatoms. The molecule has 0 radical (unpaired) electrons. The van der Waals surface area contributed by atoms with Crippen molar-refractivity contribution < 1.29 is 17.9 Å². The van der Waals surface area contributed by atoms with Gasteiger partial charge in [-0.1, -0.05) is 60.2 Å².